The molecule has 0 aliphatic heterocycles. The average molecular weight is 286 g/mol. The summed E-state index contributed by atoms with van der Waals surface area (Å²) in [6.07, 6.45) is 0. The summed E-state index contributed by atoms with van der Waals surface area (Å²) >= 11 is 0. The highest BCUT2D eigenvalue weighted by molar-refractivity contribution is 7.89. The van der Waals surface area contributed by atoms with Crippen molar-refractivity contribution >= 4 is 21.7 Å². The van der Waals surface area contributed by atoms with Crippen LogP contribution in [-0.4, -0.2) is 46.5 Å². The van der Waals surface area contributed by atoms with Crippen LogP contribution in [0.2, 0.25) is 0 Å². The van der Waals surface area contributed by atoms with Crippen molar-refractivity contribution in [3.05, 3.63) is 24.3 Å². The number of nitrogens with zero attached hydrogens (tertiary/aromatic N) is 1. The van der Waals surface area contributed by atoms with Crippen LogP contribution < -0.4 is 15.8 Å². The van der Waals surface area contributed by atoms with Crippen molar-refractivity contribution in [2.75, 3.05) is 32.5 Å². The van der Waals surface area contributed by atoms with E-state index >= 15 is 0 Å². The minimum Gasteiger partial charge on any atom is -0.382 e. The zero-order chi connectivity index (χ0) is 14.5. The smallest absolute Gasteiger partial charge is 0.316 e. The maximum absolute atomic E-state index is 11.3. The van der Waals surface area contributed by atoms with Gasteiger partial charge in [-0.15, -0.1) is 0 Å². The quantitative estimate of drug-likeness (QED) is 0.663. The molecule has 2 amide bonds. The monoisotopic (exact) mass is 286 g/mol. The third kappa shape index (κ3) is 4.76. The number of sulfonamides is 1. The standard InChI is InChI=1S/C11H18N4O3S/c1-15(2)11(16)14-8-7-13-9-5-3-4-6-10(9)19(12,17)18/h3-6,13H,7-8H2,1-2H3,(H,14,16)(H2,12,17,18). The predicted molar refractivity (Wildman–Crippen MR) is 73.4 cm³/mol. The van der Waals surface area contributed by atoms with Crippen molar-refractivity contribution in [2.45, 2.75) is 4.90 Å². The van der Waals surface area contributed by atoms with E-state index in [0.29, 0.717) is 18.8 Å². The van der Waals surface area contributed by atoms with Gasteiger partial charge in [-0.05, 0) is 12.1 Å². The number of carbonyl (C=O) groups is 1. The molecule has 7 nitrogen and oxygen atoms in total. The van der Waals surface area contributed by atoms with Gasteiger partial charge in [0.05, 0.1) is 5.69 Å². The summed E-state index contributed by atoms with van der Waals surface area (Å²) in [5.41, 5.74) is 0.420. The summed E-state index contributed by atoms with van der Waals surface area (Å²) in [4.78, 5) is 12.7. The average Bonchev–Trinajstić information content (AvgIpc) is 2.33. The lowest BCUT2D eigenvalue weighted by molar-refractivity contribution is 0.218. The van der Waals surface area contributed by atoms with Crippen LogP contribution in [0, 0.1) is 0 Å². The topological polar surface area (TPSA) is 105 Å². The predicted octanol–water partition coefficient (Wildman–Crippen LogP) is 0.0171. The van der Waals surface area contributed by atoms with Gasteiger partial charge in [0.2, 0.25) is 10.0 Å². The molecule has 0 unspecified atom stereocenters. The summed E-state index contributed by atoms with van der Waals surface area (Å²) in [6.45, 7) is 0.766. The second-order valence-electron chi connectivity index (χ2n) is 4.09. The summed E-state index contributed by atoms with van der Waals surface area (Å²) in [6, 6.07) is 6.14. The first kappa shape index (κ1) is 15.3. The van der Waals surface area contributed by atoms with E-state index in [2.05, 4.69) is 10.6 Å². The Hall–Kier alpha value is -1.80. The summed E-state index contributed by atoms with van der Waals surface area (Å²) in [5.74, 6) is 0. The molecule has 0 spiro atoms. The van der Waals surface area contributed by atoms with Gasteiger partial charge in [0, 0.05) is 27.2 Å². The lowest BCUT2D eigenvalue weighted by Gasteiger charge is -2.13. The number of nitrogens with two attached hydrogens (primary N) is 1. The zero-order valence-electron chi connectivity index (χ0n) is 10.9. The third-order valence-corrected chi connectivity index (χ3v) is 3.29. The minimum absolute atomic E-state index is 0.0361. The van der Waals surface area contributed by atoms with Gasteiger partial charge in [-0.2, -0.15) is 0 Å². The number of urea groups is 1. The van der Waals surface area contributed by atoms with E-state index in [9.17, 15) is 13.2 Å². The Morgan fingerprint density at radius 1 is 1.26 bits per heavy atom. The molecule has 0 atom stereocenters. The normalized spacial score (nSPS) is 10.9. The van der Waals surface area contributed by atoms with E-state index < -0.39 is 10.0 Å². The van der Waals surface area contributed by atoms with Gasteiger partial charge in [0.15, 0.2) is 0 Å². The van der Waals surface area contributed by atoms with Gasteiger partial charge < -0.3 is 15.5 Å². The lowest BCUT2D eigenvalue weighted by atomic mass is 10.3. The van der Waals surface area contributed by atoms with Crippen LogP contribution in [0.5, 0.6) is 0 Å². The molecule has 0 aromatic heterocycles. The van der Waals surface area contributed by atoms with Crippen LogP contribution in [0.3, 0.4) is 0 Å². The molecule has 106 valence electrons. The molecule has 19 heavy (non-hydrogen) atoms. The lowest BCUT2D eigenvalue weighted by Crippen LogP contribution is -2.37. The van der Waals surface area contributed by atoms with Crippen LogP contribution in [0.4, 0.5) is 10.5 Å². The summed E-state index contributed by atoms with van der Waals surface area (Å²) in [7, 11) is -0.483. The van der Waals surface area contributed by atoms with Crippen LogP contribution in [0.1, 0.15) is 0 Å². The van der Waals surface area contributed by atoms with Crippen molar-refractivity contribution in [2.24, 2.45) is 5.14 Å². The number of para-hydroxylation sites is 1. The van der Waals surface area contributed by atoms with Gasteiger partial charge in [-0.25, -0.2) is 18.4 Å². The fourth-order valence-corrected chi connectivity index (χ4v) is 2.10. The van der Waals surface area contributed by atoms with Crippen LogP contribution >= 0.6 is 0 Å². The Balaban J connectivity index is 2.58. The summed E-state index contributed by atoms with van der Waals surface area (Å²) < 4.78 is 22.7. The van der Waals surface area contributed by atoms with E-state index in [1.54, 1.807) is 32.3 Å². The SMILES string of the molecule is CN(C)C(=O)NCCNc1ccccc1S(N)(=O)=O. The van der Waals surface area contributed by atoms with Crippen molar-refractivity contribution < 1.29 is 13.2 Å². The van der Waals surface area contributed by atoms with Gasteiger partial charge in [0.1, 0.15) is 4.90 Å². The maximum Gasteiger partial charge on any atom is 0.316 e. The van der Waals surface area contributed by atoms with Crippen LogP contribution in [0.25, 0.3) is 0 Å². The van der Waals surface area contributed by atoms with Gasteiger partial charge in [-0.3, -0.25) is 0 Å². The van der Waals surface area contributed by atoms with E-state index in [4.69, 9.17) is 5.14 Å². The largest absolute Gasteiger partial charge is 0.382 e. The van der Waals surface area contributed by atoms with Crippen LogP contribution in [-0.2, 0) is 10.0 Å². The Bertz CT molecular complexity index is 543. The number of rotatable bonds is 5. The minimum atomic E-state index is -3.76. The van der Waals surface area contributed by atoms with E-state index in [-0.39, 0.29) is 10.9 Å². The van der Waals surface area contributed by atoms with E-state index in [1.807, 2.05) is 0 Å². The molecular formula is C11H18N4O3S. The maximum atomic E-state index is 11.3. The second kappa shape index (κ2) is 6.39. The highest BCUT2D eigenvalue weighted by Gasteiger charge is 2.12. The van der Waals surface area contributed by atoms with E-state index in [1.165, 1.54) is 11.0 Å². The molecule has 0 heterocycles. The molecule has 0 radical (unpaired) electrons. The molecule has 1 rings (SSSR count). The van der Waals surface area contributed by atoms with Gasteiger partial charge in [0.25, 0.3) is 0 Å². The molecule has 0 saturated carbocycles. The van der Waals surface area contributed by atoms with E-state index in [0.717, 1.165) is 0 Å². The molecule has 4 N–H and O–H groups in total. The summed E-state index contributed by atoms with van der Waals surface area (Å²) in [5, 5.41) is 10.7. The first-order valence-electron chi connectivity index (χ1n) is 5.63. The van der Waals surface area contributed by atoms with Gasteiger partial charge in [-0.1, -0.05) is 12.1 Å². The first-order chi connectivity index (χ1) is 8.82. The first-order valence-corrected chi connectivity index (χ1v) is 7.18. The Labute approximate surface area is 112 Å². The van der Waals surface area contributed by atoms with Crippen molar-refractivity contribution in [3.8, 4) is 0 Å². The zero-order valence-corrected chi connectivity index (χ0v) is 11.7. The van der Waals surface area contributed by atoms with Crippen molar-refractivity contribution in [3.63, 3.8) is 0 Å². The molecule has 0 fully saturated rings. The van der Waals surface area contributed by atoms with Gasteiger partial charge >= 0.3 is 6.03 Å². The Morgan fingerprint density at radius 2 is 1.89 bits per heavy atom. The number of benzene rings is 1. The Kier molecular flexibility index (Phi) is 5.13. The number of nitrogens with one attached hydrogen (secondary N) is 2. The van der Waals surface area contributed by atoms with Crippen molar-refractivity contribution in [1.82, 2.24) is 10.2 Å². The highest BCUT2D eigenvalue weighted by atomic mass is 32.2. The fraction of sp³-hybridized carbons (Fsp3) is 0.364. The molecule has 0 bridgehead atoms. The molecule has 0 saturated heterocycles. The number of carbonyl (C=O) groups excluding carboxylic acids is 1. The molecule has 1 aromatic carbocycles. The Morgan fingerprint density at radius 3 is 2.47 bits per heavy atom. The molecule has 0 aliphatic rings. The number of primary sulfonamides is 1. The molecule has 1 aromatic rings. The second-order valence-corrected chi connectivity index (χ2v) is 5.62. The molecule has 0 aliphatic carbocycles. The highest BCUT2D eigenvalue weighted by Crippen LogP contribution is 2.18. The number of anilines is 1. The number of hydrogen-bond donors (Lipinski definition) is 3. The number of amides is 2. The molecular weight excluding hydrogens is 268 g/mol. The fourth-order valence-electron chi connectivity index (χ4n) is 1.39. The van der Waals surface area contributed by atoms with Crippen molar-refractivity contribution in [1.29, 1.82) is 0 Å². The third-order valence-electron chi connectivity index (χ3n) is 2.32. The molecule has 8 heteroatoms. The number of hydrogen-bond acceptors (Lipinski definition) is 4. The van der Waals surface area contributed by atoms with Crippen LogP contribution in [0.15, 0.2) is 29.2 Å².